The first-order valence-corrected chi connectivity index (χ1v) is 10.00. The highest BCUT2D eigenvalue weighted by Crippen LogP contribution is 2.39. The summed E-state index contributed by atoms with van der Waals surface area (Å²) in [6, 6.07) is 7.79. The molecule has 0 atom stereocenters. The average molecular weight is 389 g/mol. The fraction of sp³-hybridized carbons (Fsp3) is 0.364. The molecule has 2 aliphatic rings. The molecule has 0 saturated heterocycles. The summed E-state index contributed by atoms with van der Waals surface area (Å²) >= 11 is 0. The SMILES string of the molecule is COc1nc2c(cc1Cn1ccnc1C1CC1)C(=O)N(CCc1ccccn1)C2. The summed E-state index contributed by atoms with van der Waals surface area (Å²) < 4.78 is 7.69. The summed E-state index contributed by atoms with van der Waals surface area (Å²) in [5.41, 5.74) is 3.35. The normalized spacial score (nSPS) is 15.6. The fourth-order valence-corrected chi connectivity index (χ4v) is 3.91. The number of fused-ring (bicyclic) bond motifs is 1. The number of pyridine rings is 2. The molecule has 1 aliphatic carbocycles. The second-order valence-electron chi connectivity index (χ2n) is 7.64. The number of hydrogen-bond acceptors (Lipinski definition) is 5. The van der Waals surface area contributed by atoms with Crippen LogP contribution in [0.3, 0.4) is 0 Å². The Hall–Kier alpha value is -3.22. The van der Waals surface area contributed by atoms with Crippen molar-refractivity contribution in [3.8, 4) is 5.88 Å². The third-order valence-corrected chi connectivity index (χ3v) is 5.59. The lowest BCUT2D eigenvalue weighted by Crippen LogP contribution is -2.26. The van der Waals surface area contributed by atoms with E-state index in [0.717, 1.165) is 29.2 Å². The quantitative estimate of drug-likeness (QED) is 0.621. The van der Waals surface area contributed by atoms with Gasteiger partial charge in [0.05, 0.1) is 31.5 Å². The Morgan fingerprint density at radius 1 is 1.21 bits per heavy atom. The minimum atomic E-state index is 0.0281. The highest BCUT2D eigenvalue weighted by Gasteiger charge is 2.31. The van der Waals surface area contributed by atoms with Crippen molar-refractivity contribution in [3.63, 3.8) is 0 Å². The predicted octanol–water partition coefficient (Wildman–Crippen LogP) is 2.81. The van der Waals surface area contributed by atoms with Gasteiger partial charge in [-0.05, 0) is 31.0 Å². The van der Waals surface area contributed by atoms with Crippen LogP contribution in [0.5, 0.6) is 5.88 Å². The van der Waals surface area contributed by atoms with E-state index in [9.17, 15) is 4.79 Å². The van der Waals surface area contributed by atoms with Crippen molar-refractivity contribution in [2.45, 2.75) is 38.3 Å². The van der Waals surface area contributed by atoms with E-state index in [2.05, 4.69) is 19.5 Å². The maximum Gasteiger partial charge on any atom is 0.256 e. The molecular weight excluding hydrogens is 366 g/mol. The number of ether oxygens (including phenoxy) is 1. The molecule has 148 valence electrons. The number of aromatic nitrogens is 4. The Kier molecular flexibility index (Phi) is 4.50. The van der Waals surface area contributed by atoms with Crippen molar-refractivity contribution in [1.29, 1.82) is 0 Å². The molecule has 1 aliphatic heterocycles. The molecule has 5 rings (SSSR count). The van der Waals surface area contributed by atoms with E-state index < -0.39 is 0 Å². The molecule has 0 unspecified atom stereocenters. The van der Waals surface area contributed by atoms with E-state index in [1.54, 1.807) is 13.3 Å². The van der Waals surface area contributed by atoms with Crippen LogP contribution in [-0.2, 0) is 19.5 Å². The molecule has 0 radical (unpaired) electrons. The largest absolute Gasteiger partial charge is 0.481 e. The zero-order valence-electron chi connectivity index (χ0n) is 16.4. The van der Waals surface area contributed by atoms with E-state index in [0.29, 0.717) is 37.0 Å². The van der Waals surface area contributed by atoms with Gasteiger partial charge < -0.3 is 14.2 Å². The number of carbonyl (C=O) groups is 1. The van der Waals surface area contributed by atoms with Gasteiger partial charge in [0.25, 0.3) is 5.91 Å². The van der Waals surface area contributed by atoms with E-state index >= 15 is 0 Å². The van der Waals surface area contributed by atoms with Crippen molar-refractivity contribution in [3.05, 3.63) is 71.2 Å². The van der Waals surface area contributed by atoms with Crippen molar-refractivity contribution >= 4 is 5.91 Å². The van der Waals surface area contributed by atoms with Crippen LogP contribution in [0.25, 0.3) is 0 Å². The molecule has 29 heavy (non-hydrogen) atoms. The average Bonchev–Trinajstić information content (AvgIpc) is 3.42. The third-order valence-electron chi connectivity index (χ3n) is 5.59. The Morgan fingerprint density at radius 3 is 2.86 bits per heavy atom. The van der Waals surface area contributed by atoms with Crippen LogP contribution < -0.4 is 4.74 Å². The van der Waals surface area contributed by atoms with E-state index in [4.69, 9.17) is 4.74 Å². The number of carbonyl (C=O) groups excluding carboxylic acids is 1. The lowest BCUT2D eigenvalue weighted by Gasteiger charge is -2.14. The summed E-state index contributed by atoms with van der Waals surface area (Å²) in [5, 5.41) is 0. The number of imidazole rings is 1. The highest BCUT2D eigenvalue weighted by molar-refractivity contribution is 5.98. The molecule has 3 aromatic rings. The fourth-order valence-electron chi connectivity index (χ4n) is 3.91. The molecular formula is C22H23N5O2. The van der Waals surface area contributed by atoms with Gasteiger partial charge in [-0.25, -0.2) is 9.97 Å². The van der Waals surface area contributed by atoms with E-state index in [1.807, 2.05) is 41.6 Å². The van der Waals surface area contributed by atoms with Crippen LogP contribution >= 0.6 is 0 Å². The topological polar surface area (TPSA) is 73.1 Å². The standard InChI is InChI=1S/C22H23N5O2/c1-29-21-16(13-26-11-9-24-20(26)15-5-6-15)12-18-19(25-21)14-27(22(18)28)10-7-17-4-2-3-8-23-17/h2-4,8-9,11-12,15H,5-7,10,13-14H2,1H3. The number of nitrogens with zero attached hydrogens (tertiary/aromatic N) is 5. The molecule has 1 amide bonds. The van der Waals surface area contributed by atoms with Gasteiger partial charge in [0.2, 0.25) is 5.88 Å². The molecule has 4 heterocycles. The van der Waals surface area contributed by atoms with Crippen LogP contribution in [0, 0.1) is 0 Å². The Labute approximate surface area is 169 Å². The molecule has 7 heteroatoms. The van der Waals surface area contributed by atoms with Crippen LogP contribution in [0.1, 0.15) is 51.9 Å². The Bertz CT molecular complexity index is 1040. The maximum absolute atomic E-state index is 13.0. The van der Waals surface area contributed by atoms with Gasteiger partial charge in [-0.15, -0.1) is 0 Å². The monoisotopic (exact) mass is 389 g/mol. The van der Waals surface area contributed by atoms with Gasteiger partial charge in [0.1, 0.15) is 5.82 Å². The molecule has 3 aromatic heterocycles. The van der Waals surface area contributed by atoms with E-state index in [1.165, 1.54) is 12.8 Å². The molecule has 1 saturated carbocycles. The minimum Gasteiger partial charge on any atom is -0.481 e. The van der Waals surface area contributed by atoms with Gasteiger partial charge >= 0.3 is 0 Å². The maximum atomic E-state index is 13.0. The summed E-state index contributed by atoms with van der Waals surface area (Å²) in [5.74, 6) is 2.27. The minimum absolute atomic E-state index is 0.0281. The third kappa shape index (κ3) is 3.48. The first-order chi connectivity index (χ1) is 14.2. The van der Waals surface area contributed by atoms with Gasteiger partial charge in [0.15, 0.2) is 0 Å². The summed E-state index contributed by atoms with van der Waals surface area (Å²) in [6.07, 6.45) is 8.72. The zero-order chi connectivity index (χ0) is 19.8. The van der Waals surface area contributed by atoms with Crippen molar-refractivity contribution in [1.82, 2.24) is 24.4 Å². The summed E-state index contributed by atoms with van der Waals surface area (Å²) in [7, 11) is 1.63. The van der Waals surface area contributed by atoms with Crippen molar-refractivity contribution in [2.24, 2.45) is 0 Å². The van der Waals surface area contributed by atoms with Crippen LogP contribution in [0.2, 0.25) is 0 Å². The first-order valence-electron chi connectivity index (χ1n) is 10.00. The van der Waals surface area contributed by atoms with Crippen LogP contribution in [0.15, 0.2) is 42.9 Å². The molecule has 0 aromatic carbocycles. The second-order valence-corrected chi connectivity index (χ2v) is 7.64. The van der Waals surface area contributed by atoms with Crippen LogP contribution in [0.4, 0.5) is 0 Å². The highest BCUT2D eigenvalue weighted by atomic mass is 16.5. The molecule has 7 nitrogen and oxygen atoms in total. The number of methoxy groups -OCH3 is 1. The number of rotatable bonds is 7. The van der Waals surface area contributed by atoms with Gasteiger partial charge in [-0.2, -0.15) is 0 Å². The van der Waals surface area contributed by atoms with Crippen LogP contribution in [-0.4, -0.2) is 44.0 Å². The molecule has 0 bridgehead atoms. The van der Waals surface area contributed by atoms with Gasteiger partial charge in [-0.1, -0.05) is 6.07 Å². The molecule has 1 fully saturated rings. The molecule has 0 N–H and O–H groups in total. The Morgan fingerprint density at radius 2 is 2.10 bits per heavy atom. The van der Waals surface area contributed by atoms with Crippen molar-refractivity contribution < 1.29 is 9.53 Å². The van der Waals surface area contributed by atoms with Crippen molar-refractivity contribution in [2.75, 3.05) is 13.7 Å². The van der Waals surface area contributed by atoms with E-state index in [-0.39, 0.29) is 5.91 Å². The molecule has 0 spiro atoms. The van der Waals surface area contributed by atoms with Gasteiger partial charge in [0, 0.05) is 48.7 Å². The zero-order valence-corrected chi connectivity index (χ0v) is 16.4. The summed E-state index contributed by atoms with van der Waals surface area (Å²) in [6.45, 7) is 1.74. The number of amides is 1. The first kappa shape index (κ1) is 17.8. The smallest absolute Gasteiger partial charge is 0.256 e. The lowest BCUT2D eigenvalue weighted by molar-refractivity contribution is 0.0779. The second kappa shape index (κ2) is 7.31. The number of hydrogen-bond donors (Lipinski definition) is 0. The lowest BCUT2D eigenvalue weighted by atomic mass is 10.1. The van der Waals surface area contributed by atoms with Gasteiger partial charge in [-0.3, -0.25) is 9.78 Å². The Balaban J connectivity index is 1.36. The summed E-state index contributed by atoms with van der Waals surface area (Å²) in [4.78, 5) is 28.3. The predicted molar refractivity (Wildman–Crippen MR) is 107 cm³/mol.